The highest BCUT2D eigenvalue weighted by Crippen LogP contribution is 2.53. The molecule has 0 N–H and O–H groups in total. The smallest absolute Gasteiger partial charge is 0.328 e. The lowest BCUT2D eigenvalue weighted by atomic mass is 9.41. The number of hydrogen-bond acceptors (Lipinski definition) is 2. The van der Waals surface area contributed by atoms with E-state index in [0.717, 1.165) is 6.42 Å². The minimum Gasteiger partial charge on any atom is -0.409 e. The molecule has 0 radical (unpaired) electrons. The lowest BCUT2D eigenvalue weighted by molar-refractivity contribution is 1.04. The van der Waals surface area contributed by atoms with Crippen molar-refractivity contribution >= 4 is 40.5 Å². The predicted octanol–water partition coefficient (Wildman–Crippen LogP) is 7.68. The zero-order chi connectivity index (χ0) is 27.8. The molecular formula is C36H39BN2. The summed E-state index contributed by atoms with van der Waals surface area (Å²) >= 11 is 0. The largest absolute Gasteiger partial charge is 0.409 e. The molecule has 0 aliphatic carbocycles. The van der Waals surface area contributed by atoms with Gasteiger partial charge in [-0.25, -0.2) is 0 Å². The molecule has 196 valence electrons. The Hall–Kier alpha value is -3.46. The van der Waals surface area contributed by atoms with E-state index < -0.39 is 0 Å². The third kappa shape index (κ3) is 2.74. The van der Waals surface area contributed by atoms with E-state index in [2.05, 4.69) is 110 Å². The molecular weight excluding hydrogens is 471 g/mol. The first-order chi connectivity index (χ1) is 18.5. The molecule has 4 aromatic carbocycles. The summed E-state index contributed by atoms with van der Waals surface area (Å²) in [6.45, 7) is 23.6. The summed E-state index contributed by atoms with van der Waals surface area (Å²) in [7, 11) is 2.36. The van der Waals surface area contributed by atoms with Crippen molar-refractivity contribution in [3.05, 3.63) is 91.0 Å². The van der Waals surface area contributed by atoms with Crippen molar-refractivity contribution in [3.8, 4) is 11.1 Å². The number of hydrogen-bond donors (Lipinski definition) is 0. The number of nitrogens with zero attached hydrogens (tertiary/aromatic N) is 2. The van der Waals surface area contributed by atoms with Crippen LogP contribution in [-0.2, 0) is 6.42 Å². The van der Waals surface area contributed by atoms with Crippen LogP contribution >= 0.6 is 0 Å². The molecule has 0 saturated carbocycles. The van der Waals surface area contributed by atoms with Crippen LogP contribution in [0.3, 0.4) is 0 Å². The number of rotatable bonds is 0. The monoisotopic (exact) mass is 510 g/mol. The van der Waals surface area contributed by atoms with E-state index in [4.69, 9.17) is 0 Å². The van der Waals surface area contributed by atoms with Crippen molar-refractivity contribution in [3.63, 3.8) is 0 Å². The summed E-state index contributed by atoms with van der Waals surface area (Å²) < 4.78 is 0. The van der Waals surface area contributed by atoms with Crippen molar-refractivity contribution in [2.45, 2.75) is 75.7 Å². The summed E-state index contributed by atoms with van der Waals surface area (Å²) in [6.07, 6.45) is 0.998. The third-order valence-electron chi connectivity index (χ3n) is 11.1. The number of anilines is 4. The first-order valence-corrected chi connectivity index (χ1v) is 14.5. The Morgan fingerprint density at radius 1 is 0.538 bits per heavy atom. The Morgan fingerprint density at radius 2 is 1.10 bits per heavy atom. The topological polar surface area (TPSA) is 6.48 Å². The highest BCUT2D eigenvalue weighted by Gasteiger charge is 2.48. The predicted molar refractivity (Wildman–Crippen MR) is 170 cm³/mol. The van der Waals surface area contributed by atoms with Crippen LogP contribution in [0.15, 0.2) is 24.3 Å². The van der Waals surface area contributed by atoms with Crippen LogP contribution in [0, 0.1) is 69.2 Å². The molecule has 7 rings (SSSR count). The van der Waals surface area contributed by atoms with E-state index >= 15 is 0 Å². The maximum atomic E-state index is 2.67. The van der Waals surface area contributed by atoms with Crippen LogP contribution in [0.1, 0.15) is 66.8 Å². The zero-order valence-corrected chi connectivity index (χ0v) is 25.5. The third-order valence-corrected chi connectivity index (χ3v) is 11.1. The molecule has 0 saturated heterocycles. The average molecular weight is 511 g/mol. The van der Waals surface area contributed by atoms with Gasteiger partial charge in [-0.1, -0.05) is 18.2 Å². The second kappa shape index (κ2) is 7.81. The highest BCUT2D eigenvalue weighted by molar-refractivity contribution is 6.93. The van der Waals surface area contributed by atoms with E-state index in [9.17, 15) is 0 Å². The molecule has 39 heavy (non-hydrogen) atoms. The number of fused-ring (bicyclic) bond motifs is 6. The normalized spacial score (nSPS) is 14.3. The van der Waals surface area contributed by atoms with Gasteiger partial charge in [0.25, 0.3) is 0 Å². The Labute approximate surface area is 234 Å². The summed E-state index contributed by atoms with van der Waals surface area (Å²) in [5, 5.41) is 0. The first kappa shape index (κ1) is 24.6. The molecule has 3 aliphatic rings. The van der Waals surface area contributed by atoms with Gasteiger partial charge in [-0.3, -0.25) is 0 Å². The molecule has 4 aromatic rings. The van der Waals surface area contributed by atoms with Gasteiger partial charge in [0.05, 0.1) is 0 Å². The van der Waals surface area contributed by atoms with Crippen molar-refractivity contribution in [2.24, 2.45) is 0 Å². The van der Waals surface area contributed by atoms with E-state index in [1.54, 1.807) is 0 Å². The first-order valence-electron chi connectivity index (χ1n) is 14.5. The summed E-state index contributed by atoms with van der Waals surface area (Å²) in [5.41, 5.74) is 28.8. The van der Waals surface area contributed by atoms with Gasteiger partial charge in [0, 0.05) is 34.7 Å². The minimum atomic E-state index is 0.190. The van der Waals surface area contributed by atoms with Gasteiger partial charge in [-0.2, -0.15) is 0 Å². The molecule has 0 spiro atoms. The Bertz CT molecular complexity index is 1810. The molecule has 0 atom stereocenters. The molecule has 0 aromatic heterocycles. The average Bonchev–Trinajstić information content (AvgIpc) is 2.93. The molecule has 0 unspecified atom stereocenters. The van der Waals surface area contributed by atoms with Crippen LogP contribution in [0.5, 0.6) is 0 Å². The van der Waals surface area contributed by atoms with Crippen LogP contribution in [0.25, 0.3) is 11.1 Å². The van der Waals surface area contributed by atoms with Gasteiger partial charge in [0.2, 0.25) is 0 Å². The van der Waals surface area contributed by atoms with Crippen molar-refractivity contribution in [1.82, 2.24) is 0 Å². The van der Waals surface area contributed by atoms with Crippen molar-refractivity contribution in [2.75, 3.05) is 16.8 Å². The Kier molecular flexibility index (Phi) is 4.92. The van der Waals surface area contributed by atoms with Crippen LogP contribution in [-0.4, -0.2) is 13.9 Å². The Balaban J connectivity index is 1.76. The molecule has 2 nitrogen and oxygen atoms in total. The second-order valence-electron chi connectivity index (χ2n) is 12.5. The maximum Gasteiger partial charge on any atom is 0.328 e. The van der Waals surface area contributed by atoms with Crippen molar-refractivity contribution < 1.29 is 0 Å². The van der Waals surface area contributed by atoms with Crippen molar-refractivity contribution in [1.29, 1.82) is 0 Å². The standard InChI is InChI=1S/C36H39BN2/c1-17-18(2)25(9)34-31(23(17)7)30-22(6)20(4)26(10)35-33(30)37(38(34)11)32-24(8)19(3)21(5)28-16-27-14-12-13-15-29(27)39(35)36(28)32/h12-15H,16H2,1-11H3. The number of para-hydroxylation sites is 1. The second-order valence-corrected chi connectivity index (χ2v) is 12.5. The zero-order valence-electron chi connectivity index (χ0n) is 25.5. The van der Waals surface area contributed by atoms with Crippen LogP contribution < -0.4 is 20.6 Å². The lowest BCUT2D eigenvalue weighted by Gasteiger charge is -2.50. The van der Waals surface area contributed by atoms with E-state index in [1.807, 2.05) is 0 Å². The SMILES string of the molecule is Cc1c(C)c2c3c(c1C)B1c4c(c(C)c(C)c(C)c4N3c3ccccc3C2)-c2c(C)c(C)c(C)c(C)c2N1C. The quantitative estimate of drug-likeness (QED) is 0.197. The van der Waals surface area contributed by atoms with E-state index in [1.165, 1.54) is 112 Å². The van der Waals surface area contributed by atoms with Gasteiger partial charge in [0.1, 0.15) is 0 Å². The maximum absolute atomic E-state index is 2.67. The van der Waals surface area contributed by atoms with Gasteiger partial charge < -0.3 is 9.71 Å². The highest BCUT2D eigenvalue weighted by atomic mass is 15.2. The summed E-state index contributed by atoms with van der Waals surface area (Å²) in [5.74, 6) is 0. The van der Waals surface area contributed by atoms with Crippen LogP contribution in [0.2, 0.25) is 0 Å². The molecule has 0 fully saturated rings. The van der Waals surface area contributed by atoms with Crippen LogP contribution in [0.4, 0.5) is 22.7 Å². The summed E-state index contributed by atoms with van der Waals surface area (Å²) in [4.78, 5) is 5.31. The Morgan fingerprint density at radius 3 is 1.82 bits per heavy atom. The van der Waals surface area contributed by atoms with Gasteiger partial charge in [0.15, 0.2) is 0 Å². The molecule has 3 heteroatoms. The number of benzene rings is 4. The molecule has 0 amide bonds. The molecule has 0 bridgehead atoms. The van der Waals surface area contributed by atoms with Gasteiger partial charge in [-0.15, -0.1) is 0 Å². The fourth-order valence-electron chi connectivity index (χ4n) is 8.20. The fraction of sp³-hybridized carbons (Fsp3) is 0.333. The van der Waals surface area contributed by atoms with E-state index in [0.29, 0.717) is 0 Å². The molecule has 3 heterocycles. The minimum absolute atomic E-state index is 0.190. The summed E-state index contributed by atoms with van der Waals surface area (Å²) in [6, 6.07) is 9.10. The van der Waals surface area contributed by atoms with E-state index in [-0.39, 0.29) is 6.85 Å². The van der Waals surface area contributed by atoms with Gasteiger partial charge in [-0.05, 0) is 166 Å². The fourth-order valence-corrected chi connectivity index (χ4v) is 8.20. The van der Waals surface area contributed by atoms with Gasteiger partial charge >= 0.3 is 6.85 Å². The lowest BCUT2D eigenvalue weighted by Crippen LogP contribution is -2.64. The molecule has 3 aliphatic heterocycles.